The van der Waals surface area contributed by atoms with Crippen LogP contribution in [0.3, 0.4) is 0 Å². The van der Waals surface area contributed by atoms with Crippen LogP contribution >= 0.6 is 15.9 Å². The molecule has 0 saturated carbocycles. The Kier molecular flexibility index (Phi) is 3.15. The maximum Gasteiger partial charge on any atom is 0.337 e. The molecule has 86 valence electrons. The predicted octanol–water partition coefficient (Wildman–Crippen LogP) is 3.40. The molecule has 0 unspecified atom stereocenters. The Morgan fingerprint density at radius 3 is 2.35 bits per heavy atom. The number of carboxylic acid groups (broad SMARTS) is 1. The van der Waals surface area contributed by atoms with E-state index in [1.165, 1.54) is 0 Å². The lowest BCUT2D eigenvalue weighted by atomic mass is 10.0. The van der Waals surface area contributed by atoms with Gasteiger partial charge in [-0.3, -0.25) is 0 Å². The number of nitrogen functional groups attached to an aromatic ring is 1. The van der Waals surface area contributed by atoms with Crippen LogP contribution in [-0.2, 0) is 0 Å². The minimum absolute atomic E-state index is 0.109. The van der Waals surface area contributed by atoms with Crippen molar-refractivity contribution in [2.75, 3.05) is 5.73 Å². The molecule has 3 N–H and O–H groups in total. The van der Waals surface area contributed by atoms with Crippen LogP contribution in [0, 0.1) is 0 Å². The van der Waals surface area contributed by atoms with Gasteiger partial charge in [-0.2, -0.15) is 0 Å². The van der Waals surface area contributed by atoms with Gasteiger partial charge in [0, 0.05) is 4.47 Å². The van der Waals surface area contributed by atoms with E-state index in [0.29, 0.717) is 4.47 Å². The summed E-state index contributed by atoms with van der Waals surface area (Å²) in [5.41, 5.74) is 7.84. The summed E-state index contributed by atoms with van der Waals surface area (Å²) in [5, 5.41) is 9.06. The largest absolute Gasteiger partial charge is 0.478 e. The molecule has 2 aromatic carbocycles. The number of nitrogens with two attached hydrogens (primary N) is 1. The van der Waals surface area contributed by atoms with Gasteiger partial charge in [0.1, 0.15) is 0 Å². The van der Waals surface area contributed by atoms with Crippen molar-refractivity contribution in [3.8, 4) is 11.1 Å². The van der Waals surface area contributed by atoms with Crippen LogP contribution in [0.1, 0.15) is 10.4 Å². The molecule has 0 aliphatic carbocycles. The summed E-state index contributed by atoms with van der Waals surface area (Å²) in [7, 11) is 0. The molecule has 0 saturated heterocycles. The van der Waals surface area contributed by atoms with E-state index in [-0.39, 0.29) is 11.3 Å². The molecule has 3 nitrogen and oxygen atoms in total. The zero-order chi connectivity index (χ0) is 12.4. The first kappa shape index (κ1) is 11.7. The number of halogens is 1. The Bertz CT molecular complexity index is 567. The molecule has 0 aliphatic heterocycles. The summed E-state index contributed by atoms with van der Waals surface area (Å²) >= 11 is 3.27. The number of anilines is 1. The number of aromatic carboxylic acids is 1. The predicted molar refractivity (Wildman–Crippen MR) is 70.9 cm³/mol. The van der Waals surface area contributed by atoms with Crippen molar-refractivity contribution in [1.29, 1.82) is 0 Å². The second-order valence-electron chi connectivity index (χ2n) is 3.59. The molecule has 0 fully saturated rings. The molecular weight excluding hydrogens is 282 g/mol. The maximum absolute atomic E-state index is 11.1. The first-order chi connectivity index (χ1) is 8.09. The Labute approximate surface area is 107 Å². The van der Waals surface area contributed by atoms with Gasteiger partial charge in [0.2, 0.25) is 0 Å². The first-order valence-corrected chi connectivity index (χ1v) is 5.76. The third-order valence-corrected chi connectivity index (χ3v) is 3.12. The normalized spacial score (nSPS) is 10.2. The van der Waals surface area contributed by atoms with Gasteiger partial charge in [-0.25, -0.2) is 4.79 Å². The number of hydrogen-bond donors (Lipinski definition) is 2. The maximum atomic E-state index is 11.1. The molecule has 0 bridgehead atoms. The van der Waals surface area contributed by atoms with Crippen LogP contribution < -0.4 is 5.73 Å². The third-order valence-electron chi connectivity index (χ3n) is 2.47. The lowest BCUT2D eigenvalue weighted by molar-refractivity contribution is 0.0698. The monoisotopic (exact) mass is 291 g/mol. The van der Waals surface area contributed by atoms with Gasteiger partial charge in [-0.1, -0.05) is 30.3 Å². The van der Waals surface area contributed by atoms with E-state index in [1.54, 1.807) is 6.07 Å². The van der Waals surface area contributed by atoms with Crippen molar-refractivity contribution in [2.24, 2.45) is 0 Å². The second-order valence-corrected chi connectivity index (χ2v) is 4.44. The first-order valence-electron chi connectivity index (χ1n) is 4.97. The van der Waals surface area contributed by atoms with Crippen LogP contribution in [0.15, 0.2) is 46.9 Å². The van der Waals surface area contributed by atoms with Crippen molar-refractivity contribution in [3.05, 3.63) is 52.5 Å². The average Bonchev–Trinajstić information content (AvgIpc) is 2.33. The summed E-state index contributed by atoms with van der Waals surface area (Å²) in [5.74, 6) is -1.03. The molecule has 0 aliphatic rings. The summed E-state index contributed by atoms with van der Waals surface area (Å²) in [4.78, 5) is 11.1. The molecule has 17 heavy (non-hydrogen) atoms. The molecule has 2 aromatic rings. The Morgan fingerprint density at radius 2 is 1.76 bits per heavy atom. The zero-order valence-corrected chi connectivity index (χ0v) is 10.4. The van der Waals surface area contributed by atoms with Crippen molar-refractivity contribution in [2.45, 2.75) is 0 Å². The van der Waals surface area contributed by atoms with Crippen molar-refractivity contribution in [3.63, 3.8) is 0 Å². The Hall–Kier alpha value is -1.81. The number of carbonyl (C=O) groups is 1. The molecule has 0 atom stereocenters. The van der Waals surface area contributed by atoms with Gasteiger partial charge in [0.25, 0.3) is 0 Å². The van der Waals surface area contributed by atoms with Gasteiger partial charge < -0.3 is 10.8 Å². The number of rotatable bonds is 2. The summed E-state index contributed by atoms with van der Waals surface area (Å²) < 4.78 is 0.594. The van der Waals surface area contributed by atoms with Crippen LogP contribution in [-0.4, -0.2) is 11.1 Å². The molecule has 2 rings (SSSR count). The standard InChI is InChI=1S/C13H10BrNO2/c14-11-7-9(8-4-2-1-3-5-8)6-10(12(11)15)13(16)17/h1-7H,15H2,(H,16,17). The second kappa shape index (κ2) is 4.59. The number of hydrogen-bond acceptors (Lipinski definition) is 2. The smallest absolute Gasteiger partial charge is 0.337 e. The minimum atomic E-state index is -1.03. The molecule has 0 amide bonds. The van der Waals surface area contributed by atoms with Crippen molar-refractivity contribution < 1.29 is 9.90 Å². The Balaban J connectivity index is 2.61. The van der Waals surface area contributed by atoms with Crippen molar-refractivity contribution >= 4 is 27.6 Å². The van der Waals surface area contributed by atoms with Crippen LogP contribution in [0.4, 0.5) is 5.69 Å². The number of benzene rings is 2. The summed E-state index contributed by atoms with van der Waals surface area (Å²) in [6.45, 7) is 0. The summed E-state index contributed by atoms with van der Waals surface area (Å²) in [6, 6.07) is 13.0. The van der Waals surface area contributed by atoms with Gasteiger partial charge in [0.05, 0.1) is 11.3 Å². The zero-order valence-electron chi connectivity index (χ0n) is 8.85. The van der Waals surface area contributed by atoms with E-state index >= 15 is 0 Å². The lowest BCUT2D eigenvalue weighted by Crippen LogP contribution is -2.03. The molecule has 0 radical (unpaired) electrons. The molecular formula is C13H10BrNO2. The topological polar surface area (TPSA) is 63.3 Å². The lowest BCUT2D eigenvalue weighted by Gasteiger charge is -2.08. The van der Waals surface area contributed by atoms with Gasteiger partial charge in [0.15, 0.2) is 0 Å². The SMILES string of the molecule is Nc1c(Br)cc(-c2ccccc2)cc1C(=O)O. The minimum Gasteiger partial charge on any atom is -0.478 e. The average molecular weight is 292 g/mol. The number of carboxylic acids is 1. The van der Waals surface area contributed by atoms with E-state index < -0.39 is 5.97 Å². The summed E-state index contributed by atoms with van der Waals surface area (Å²) in [6.07, 6.45) is 0. The molecule has 0 aromatic heterocycles. The van der Waals surface area contributed by atoms with Gasteiger partial charge in [-0.15, -0.1) is 0 Å². The van der Waals surface area contributed by atoms with E-state index in [4.69, 9.17) is 10.8 Å². The van der Waals surface area contributed by atoms with Crippen LogP contribution in [0.2, 0.25) is 0 Å². The highest BCUT2D eigenvalue weighted by Gasteiger charge is 2.13. The molecule has 0 heterocycles. The highest BCUT2D eigenvalue weighted by atomic mass is 79.9. The Morgan fingerprint density at radius 1 is 1.12 bits per heavy atom. The van der Waals surface area contributed by atoms with Gasteiger partial charge >= 0.3 is 5.97 Å². The molecule has 4 heteroatoms. The fraction of sp³-hybridized carbons (Fsp3) is 0. The highest BCUT2D eigenvalue weighted by Crippen LogP contribution is 2.30. The van der Waals surface area contributed by atoms with Crippen LogP contribution in [0.5, 0.6) is 0 Å². The third kappa shape index (κ3) is 2.31. The fourth-order valence-corrected chi connectivity index (χ4v) is 2.05. The fourth-order valence-electron chi connectivity index (χ4n) is 1.59. The molecule has 0 spiro atoms. The van der Waals surface area contributed by atoms with E-state index in [2.05, 4.69) is 15.9 Å². The highest BCUT2D eigenvalue weighted by molar-refractivity contribution is 9.10. The van der Waals surface area contributed by atoms with Crippen LogP contribution in [0.25, 0.3) is 11.1 Å². The quantitative estimate of drug-likeness (QED) is 0.834. The van der Waals surface area contributed by atoms with E-state index in [1.807, 2.05) is 36.4 Å². The van der Waals surface area contributed by atoms with Crippen molar-refractivity contribution in [1.82, 2.24) is 0 Å². The van der Waals surface area contributed by atoms with E-state index in [0.717, 1.165) is 11.1 Å². The van der Waals surface area contributed by atoms with E-state index in [9.17, 15) is 4.79 Å². The van der Waals surface area contributed by atoms with Gasteiger partial charge in [-0.05, 0) is 39.2 Å².